The van der Waals surface area contributed by atoms with Crippen molar-refractivity contribution >= 4 is 22.6 Å². The van der Waals surface area contributed by atoms with Gasteiger partial charge in [0, 0.05) is 10.1 Å². The van der Waals surface area contributed by atoms with Crippen molar-refractivity contribution in [2.75, 3.05) is 6.54 Å². The molecule has 1 nitrogen and oxygen atoms in total. The Morgan fingerprint density at radius 3 is 2.93 bits per heavy atom. The smallest absolute Gasteiger partial charge is 0.0208 e. The summed E-state index contributed by atoms with van der Waals surface area (Å²) >= 11 is 2.38. The average Bonchev–Trinajstić information content (AvgIpc) is 2.25. The van der Waals surface area contributed by atoms with Crippen LogP contribution >= 0.6 is 22.6 Å². The highest BCUT2D eigenvalue weighted by atomic mass is 127. The fraction of sp³-hybridized carbons (Fsp3) is 0.500. The molecule has 2 rings (SSSR count). The van der Waals surface area contributed by atoms with Gasteiger partial charge in [-0.2, -0.15) is 0 Å². The Balaban J connectivity index is 2.50. The Morgan fingerprint density at radius 2 is 2.14 bits per heavy atom. The second-order valence-corrected chi connectivity index (χ2v) is 5.86. The third-order valence-electron chi connectivity index (χ3n) is 3.04. The summed E-state index contributed by atoms with van der Waals surface area (Å²) in [7, 11) is 0. The van der Waals surface area contributed by atoms with Crippen LogP contribution in [0.25, 0.3) is 0 Å². The molecule has 0 atom stereocenters. The molecular formula is C12H16IN. The number of rotatable bonds is 0. The van der Waals surface area contributed by atoms with Crippen LogP contribution < -0.4 is 5.32 Å². The Bertz CT molecular complexity index is 344. The molecule has 0 unspecified atom stereocenters. The molecule has 1 aromatic carbocycles. The summed E-state index contributed by atoms with van der Waals surface area (Å²) in [5.74, 6) is 0. The number of benzene rings is 1. The minimum Gasteiger partial charge on any atom is -0.313 e. The van der Waals surface area contributed by atoms with Gasteiger partial charge in [0.25, 0.3) is 0 Å². The van der Waals surface area contributed by atoms with E-state index < -0.39 is 0 Å². The van der Waals surface area contributed by atoms with Crippen molar-refractivity contribution in [2.24, 2.45) is 0 Å². The van der Waals surface area contributed by atoms with Crippen LogP contribution in [0, 0.1) is 3.57 Å². The normalized spacial score (nSPS) is 19.9. The molecular weight excluding hydrogens is 285 g/mol. The third-order valence-corrected chi connectivity index (χ3v) is 3.71. The maximum atomic E-state index is 3.48. The molecule has 0 spiro atoms. The summed E-state index contributed by atoms with van der Waals surface area (Å²) < 4.78 is 1.33. The van der Waals surface area contributed by atoms with Gasteiger partial charge in [-0.25, -0.2) is 0 Å². The largest absolute Gasteiger partial charge is 0.313 e. The zero-order valence-electron chi connectivity index (χ0n) is 8.73. The van der Waals surface area contributed by atoms with Gasteiger partial charge in [0.1, 0.15) is 0 Å². The molecule has 0 aromatic heterocycles. The zero-order chi connectivity index (χ0) is 10.2. The van der Waals surface area contributed by atoms with E-state index in [1.165, 1.54) is 21.1 Å². The maximum absolute atomic E-state index is 3.48. The first kappa shape index (κ1) is 10.4. The molecule has 0 saturated heterocycles. The van der Waals surface area contributed by atoms with E-state index in [0.717, 1.165) is 13.1 Å². The first-order valence-electron chi connectivity index (χ1n) is 5.09. The van der Waals surface area contributed by atoms with Crippen molar-refractivity contribution in [1.29, 1.82) is 0 Å². The number of halogens is 1. The van der Waals surface area contributed by atoms with Gasteiger partial charge in [-0.1, -0.05) is 19.9 Å². The Morgan fingerprint density at radius 1 is 1.36 bits per heavy atom. The lowest BCUT2D eigenvalue weighted by molar-refractivity contribution is 0.477. The summed E-state index contributed by atoms with van der Waals surface area (Å²) in [6, 6.07) is 6.81. The minimum atomic E-state index is 0.323. The van der Waals surface area contributed by atoms with Crippen LogP contribution in [0.2, 0.25) is 0 Å². The number of nitrogens with one attached hydrogen (secondary N) is 1. The molecule has 1 aliphatic heterocycles. The highest BCUT2D eigenvalue weighted by molar-refractivity contribution is 14.1. The van der Waals surface area contributed by atoms with Crippen LogP contribution in [0.5, 0.6) is 0 Å². The van der Waals surface area contributed by atoms with Crippen molar-refractivity contribution in [1.82, 2.24) is 5.32 Å². The van der Waals surface area contributed by atoms with Crippen LogP contribution in [0.3, 0.4) is 0 Å². The lowest BCUT2D eigenvalue weighted by atomic mass is 9.80. The van der Waals surface area contributed by atoms with Crippen LogP contribution in [-0.2, 0) is 12.0 Å². The average molecular weight is 301 g/mol. The molecule has 0 saturated carbocycles. The van der Waals surface area contributed by atoms with Gasteiger partial charge in [0.15, 0.2) is 0 Å². The molecule has 76 valence electrons. The van der Waals surface area contributed by atoms with E-state index in [-0.39, 0.29) is 0 Å². The van der Waals surface area contributed by atoms with Crippen molar-refractivity contribution < 1.29 is 0 Å². The maximum Gasteiger partial charge on any atom is 0.0208 e. The molecule has 2 heteroatoms. The molecule has 1 aliphatic rings. The van der Waals surface area contributed by atoms with Gasteiger partial charge in [-0.3, -0.25) is 0 Å². The highest BCUT2D eigenvalue weighted by Crippen LogP contribution is 2.32. The van der Waals surface area contributed by atoms with Crippen LogP contribution in [0.15, 0.2) is 18.2 Å². The third kappa shape index (κ3) is 1.96. The summed E-state index contributed by atoms with van der Waals surface area (Å²) in [6.45, 7) is 6.82. The van der Waals surface area contributed by atoms with Gasteiger partial charge in [0.05, 0.1) is 0 Å². The molecule has 0 bridgehead atoms. The molecule has 1 aromatic rings. The fourth-order valence-corrected chi connectivity index (χ4v) is 2.68. The predicted octanol–water partition coefficient (Wildman–Crippen LogP) is 3.06. The van der Waals surface area contributed by atoms with E-state index in [4.69, 9.17) is 0 Å². The van der Waals surface area contributed by atoms with Crippen molar-refractivity contribution in [3.63, 3.8) is 0 Å². The van der Waals surface area contributed by atoms with Crippen LogP contribution in [0.4, 0.5) is 0 Å². The Labute approximate surface area is 99.4 Å². The van der Waals surface area contributed by atoms with E-state index in [1.54, 1.807) is 0 Å². The highest BCUT2D eigenvalue weighted by Gasteiger charge is 2.25. The van der Waals surface area contributed by atoms with Crippen LogP contribution in [-0.4, -0.2) is 6.54 Å². The zero-order valence-corrected chi connectivity index (χ0v) is 10.9. The second kappa shape index (κ2) is 3.81. The SMILES string of the molecule is CC1(C)CCNCc2cc(I)ccc21. The van der Waals surface area contributed by atoms with Crippen molar-refractivity contribution in [3.8, 4) is 0 Å². The monoisotopic (exact) mass is 301 g/mol. The number of fused-ring (bicyclic) bond motifs is 1. The van der Waals surface area contributed by atoms with E-state index in [2.05, 4.69) is 60.0 Å². The quantitative estimate of drug-likeness (QED) is 0.726. The predicted molar refractivity (Wildman–Crippen MR) is 68.5 cm³/mol. The van der Waals surface area contributed by atoms with E-state index >= 15 is 0 Å². The van der Waals surface area contributed by atoms with Gasteiger partial charge in [-0.05, 0) is 64.2 Å². The lowest BCUT2D eigenvalue weighted by Gasteiger charge is -2.25. The first-order chi connectivity index (χ1) is 6.59. The van der Waals surface area contributed by atoms with E-state index in [1.807, 2.05) is 0 Å². The van der Waals surface area contributed by atoms with Crippen molar-refractivity contribution in [3.05, 3.63) is 32.9 Å². The first-order valence-corrected chi connectivity index (χ1v) is 6.17. The Hall–Kier alpha value is -0.0900. The molecule has 1 N–H and O–H groups in total. The number of hydrogen-bond donors (Lipinski definition) is 1. The van der Waals surface area contributed by atoms with Crippen molar-refractivity contribution in [2.45, 2.75) is 32.2 Å². The number of hydrogen-bond acceptors (Lipinski definition) is 1. The summed E-state index contributed by atoms with van der Waals surface area (Å²) in [5, 5.41) is 3.48. The molecule has 0 radical (unpaired) electrons. The van der Waals surface area contributed by atoms with E-state index in [9.17, 15) is 0 Å². The summed E-state index contributed by atoms with van der Waals surface area (Å²) in [5.41, 5.74) is 3.31. The van der Waals surface area contributed by atoms with Gasteiger partial charge in [0.2, 0.25) is 0 Å². The lowest BCUT2D eigenvalue weighted by Crippen LogP contribution is -2.20. The summed E-state index contributed by atoms with van der Waals surface area (Å²) in [4.78, 5) is 0. The molecule has 0 amide bonds. The molecule has 0 aliphatic carbocycles. The van der Waals surface area contributed by atoms with Gasteiger partial charge < -0.3 is 5.32 Å². The standard InChI is InChI=1S/C12H16IN/c1-12(2)5-6-14-8-9-7-10(13)3-4-11(9)12/h3-4,7,14H,5-6,8H2,1-2H3. The molecule has 1 heterocycles. The van der Waals surface area contributed by atoms with Crippen LogP contribution in [0.1, 0.15) is 31.4 Å². The molecule has 14 heavy (non-hydrogen) atoms. The summed E-state index contributed by atoms with van der Waals surface area (Å²) in [6.07, 6.45) is 1.22. The minimum absolute atomic E-state index is 0.323. The van der Waals surface area contributed by atoms with Gasteiger partial charge >= 0.3 is 0 Å². The molecule has 0 fully saturated rings. The van der Waals surface area contributed by atoms with E-state index in [0.29, 0.717) is 5.41 Å². The second-order valence-electron chi connectivity index (χ2n) is 4.61. The topological polar surface area (TPSA) is 12.0 Å². The van der Waals surface area contributed by atoms with Gasteiger partial charge in [-0.15, -0.1) is 0 Å². The Kier molecular flexibility index (Phi) is 2.84. The fourth-order valence-electron chi connectivity index (χ4n) is 2.13.